The summed E-state index contributed by atoms with van der Waals surface area (Å²) in [7, 11) is -3.74. The first-order valence-corrected chi connectivity index (χ1v) is 13.7. The molecular weight excluding hydrogens is 450 g/mol. The van der Waals surface area contributed by atoms with E-state index in [9.17, 15) is 18.0 Å². The topological polar surface area (TPSA) is 86.8 Å². The van der Waals surface area contributed by atoms with Crippen molar-refractivity contribution in [2.45, 2.75) is 59.0 Å². The Morgan fingerprint density at radius 3 is 2.21 bits per heavy atom. The molecule has 2 amide bonds. The van der Waals surface area contributed by atoms with Gasteiger partial charge in [-0.15, -0.1) is 0 Å². The van der Waals surface area contributed by atoms with Crippen molar-refractivity contribution in [2.75, 3.05) is 23.7 Å². The van der Waals surface area contributed by atoms with Crippen LogP contribution in [0.3, 0.4) is 0 Å². The van der Waals surface area contributed by atoms with Crippen LogP contribution in [0.1, 0.15) is 51.2 Å². The van der Waals surface area contributed by atoms with Gasteiger partial charge in [0, 0.05) is 13.1 Å². The van der Waals surface area contributed by atoms with Crippen molar-refractivity contribution >= 4 is 27.5 Å². The SMILES string of the molecule is CCCCNC(=O)C(CC)N(Cc1ccccc1)C(=O)CN(c1ccccc1CC)S(C)(=O)=O. The highest BCUT2D eigenvalue weighted by Gasteiger charge is 2.32. The molecule has 2 aromatic carbocycles. The zero-order chi connectivity index (χ0) is 25.1. The zero-order valence-corrected chi connectivity index (χ0v) is 21.5. The van der Waals surface area contributed by atoms with Gasteiger partial charge in [-0.25, -0.2) is 8.42 Å². The fourth-order valence-electron chi connectivity index (χ4n) is 3.85. The summed E-state index contributed by atoms with van der Waals surface area (Å²) in [5, 5.41) is 2.92. The molecule has 1 unspecified atom stereocenters. The maximum absolute atomic E-state index is 13.7. The molecular formula is C26H37N3O4S. The highest BCUT2D eigenvalue weighted by molar-refractivity contribution is 7.92. The van der Waals surface area contributed by atoms with Gasteiger partial charge in [0.15, 0.2) is 0 Å². The van der Waals surface area contributed by atoms with Crippen LogP contribution in [0.5, 0.6) is 0 Å². The van der Waals surface area contributed by atoms with E-state index in [-0.39, 0.29) is 19.0 Å². The third kappa shape index (κ3) is 7.58. The van der Waals surface area contributed by atoms with Crippen LogP contribution in [0.4, 0.5) is 5.69 Å². The van der Waals surface area contributed by atoms with Crippen LogP contribution in [0.15, 0.2) is 54.6 Å². The lowest BCUT2D eigenvalue weighted by Gasteiger charge is -2.33. The summed E-state index contributed by atoms with van der Waals surface area (Å²) in [6.45, 7) is 6.22. The first-order chi connectivity index (χ1) is 16.2. The third-order valence-electron chi connectivity index (χ3n) is 5.73. The minimum atomic E-state index is -3.74. The van der Waals surface area contributed by atoms with Gasteiger partial charge in [0.2, 0.25) is 21.8 Å². The Hall–Kier alpha value is -2.87. The highest BCUT2D eigenvalue weighted by Crippen LogP contribution is 2.24. The van der Waals surface area contributed by atoms with Crippen LogP contribution < -0.4 is 9.62 Å². The Bertz CT molecular complexity index is 1040. The summed E-state index contributed by atoms with van der Waals surface area (Å²) in [4.78, 5) is 28.2. The molecule has 0 bridgehead atoms. The van der Waals surface area contributed by atoms with E-state index in [0.717, 1.165) is 34.5 Å². The molecule has 2 aromatic rings. The number of hydrogen-bond donors (Lipinski definition) is 1. The number of carbonyl (C=O) groups is 2. The number of hydrogen-bond acceptors (Lipinski definition) is 4. The Labute approximate surface area is 204 Å². The minimum Gasteiger partial charge on any atom is -0.354 e. The molecule has 0 aliphatic heterocycles. The average molecular weight is 488 g/mol. The van der Waals surface area contributed by atoms with Gasteiger partial charge in [-0.2, -0.15) is 0 Å². The lowest BCUT2D eigenvalue weighted by Crippen LogP contribution is -2.52. The molecule has 2 rings (SSSR count). The van der Waals surface area contributed by atoms with Crippen LogP contribution >= 0.6 is 0 Å². The first kappa shape index (κ1) is 27.4. The Morgan fingerprint density at radius 1 is 0.971 bits per heavy atom. The molecule has 0 heterocycles. The molecule has 0 saturated carbocycles. The summed E-state index contributed by atoms with van der Waals surface area (Å²) in [5.74, 6) is -0.641. The van der Waals surface area contributed by atoms with Gasteiger partial charge in [-0.1, -0.05) is 75.7 Å². The second-order valence-corrected chi connectivity index (χ2v) is 10.2. The molecule has 0 spiro atoms. The monoisotopic (exact) mass is 487 g/mol. The Morgan fingerprint density at radius 2 is 1.62 bits per heavy atom. The largest absolute Gasteiger partial charge is 0.354 e. The summed E-state index contributed by atoms with van der Waals surface area (Å²) >= 11 is 0. The van der Waals surface area contributed by atoms with E-state index in [2.05, 4.69) is 5.32 Å². The molecule has 0 saturated heterocycles. The Kier molecular flexibility index (Phi) is 10.6. The number of carbonyl (C=O) groups excluding carboxylic acids is 2. The predicted molar refractivity (Wildman–Crippen MR) is 137 cm³/mol. The van der Waals surface area contributed by atoms with Crippen LogP contribution in [0.2, 0.25) is 0 Å². The second kappa shape index (κ2) is 13.1. The van der Waals surface area contributed by atoms with Crippen molar-refractivity contribution in [3.05, 3.63) is 65.7 Å². The van der Waals surface area contributed by atoms with Gasteiger partial charge >= 0.3 is 0 Å². The number of unbranched alkanes of at least 4 members (excludes halogenated alkanes) is 1. The van der Waals surface area contributed by atoms with Crippen molar-refractivity contribution in [1.82, 2.24) is 10.2 Å². The molecule has 7 nitrogen and oxygen atoms in total. The number of rotatable bonds is 13. The van der Waals surface area contributed by atoms with E-state index in [0.29, 0.717) is 25.1 Å². The van der Waals surface area contributed by atoms with E-state index in [1.165, 1.54) is 4.90 Å². The normalized spacial score (nSPS) is 12.1. The minimum absolute atomic E-state index is 0.215. The van der Waals surface area contributed by atoms with Gasteiger partial charge in [-0.05, 0) is 36.5 Å². The molecule has 0 fully saturated rings. The van der Waals surface area contributed by atoms with Crippen LogP contribution in [0, 0.1) is 0 Å². The van der Waals surface area contributed by atoms with Gasteiger partial charge in [0.05, 0.1) is 11.9 Å². The standard InChI is InChI=1S/C26H37N3O4S/c1-5-8-18-27-26(31)23(7-3)28(19-21-14-10-9-11-15-21)25(30)20-29(34(4,32)33)24-17-13-12-16-22(24)6-2/h9-17,23H,5-8,18-20H2,1-4H3,(H,27,31). The maximum atomic E-state index is 13.7. The second-order valence-electron chi connectivity index (χ2n) is 8.33. The summed E-state index contributed by atoms with van der Waals surface area (Å²) < 4.78 is 26.6. The number of nitrogens with one attached hydrogen (secondary N) is 1. The van der Waals surface area contributed by atoms with Crippen LogP contribution in [-0.4, -0.2) is 50.5 Å². The number of sulfonamides is 1. The van der Waals surface area contributed by atoms with Crippen molar-refractivity contribution < 1.29 is 18.0 Å². The summed E-state index contributed by atoms with van der Waals surface area (Å²) in [6.07, 6.45) is 3.94. The maximum Gasteiger partial charge on any atom is 0.244 e. The third-order valence-corrected chi connectivity index (χ3v) is 6.86. The van der Waals surface area contributed by atoms with E-state index >= 15 is 0 Å². The zero-order valence-electron chi connectivity index (χ0n) is 20.7. The number of aryl methyl sites for hydroxylation is 1. The van der Waals surface area contributed by atoms with Crippen molar-refractivity contribution in [2.24, 2.45) is 0 Å². The number of para-hydroxylation sites is 1. The molecule has 0 radical (unpaired) electrons. The average Bonchev–Trinajstić information content (AvgIpc) is 2.82. The number of anilines is 1. The summed E-state index contributed by atoms with van der Waals surface area (Å²) in [6, 6.07) is 15.9. The van der Waals surface area contributed by atoms with Crippen molar-refractivity contribution in [3.8, 4) is 0 Å². The van der Waals surface area contributed by atoms with Gasteiger partial charge in [-0.3, -0.25) is 13.9 Å². The molecule has 1 atom stereocenters. The molecule has 0 aliphatic carbocycles. The fraction of sp³-hybridized carbons (Fsp3) is 0.462. The van der Waals surface area contributed by atoms with Crippen molar-refractivity contribution in [3.63, 3.8) is 0 Å². The van der Waals surface area contributed by atoms with Crippen LogP contribution in [0.25, 0.3) is 0 Å². The van der Waals surface area contributed by atoms with Gasteiger partial charge in [0.1, 0.15) is 12.6 Å². The molecule has 186 valence electrons. The van der Waals surface area contributed by atoms with E-state index in [1.807, 2.05) is 63.2 Å². The van der Waals surface area contributed by atoms with E-state index < -0.39 is 22.0 Å². The van der Waals surface area contributed by atoms with Gasteiger partial charge in [0.25, 0.3) is 0 Å². The van der Waals surface area contributed by atoms with Crippen LogP contribution in [-0.2, 0) is 32.6 Å². The van der Waals surface area contributed by atoms with Gasteiger partial charge < -0.3 is 10.2 Å². The fourth-order valence-corrected chi connectivity index (χ4v) is 4.73. The van der Waals surface area contributed by atoms with E-state index in [1.54, 1.807) is 12.1 Å². The number of nitrogens with zero attached hydrogens (tertiary/aromatic N) is 2. The number of benzene rings is 2. The van der Waals surface area contributed by atoms with E-state index in [4.69, 9.17) is 0 Å². The smallest absolute Gasteiger partial charge is 0.244 e. The Balaban J connectivity index is 2.41. The first-order valence-electron chi connectivity index (χ1n) is 11.9. The molecule has 1 N–H and O–H groups in total. The lowest BCUT2D eigenvalue weighted by atomic mass is 10.1. The quantitative estimate of drug-likeness (QED) is 0.436. The lowest BCUT2D eigenvalue weighted by molar-refractivity contribution is -0.140. The highest BCUT2D eigenvalue weighted by atomic mass is 32.2. The summed E-state index contributed by atoms with van der Waals surface area (Å²) in [5.41, 5.74) is 2.19. The predicted octanol–water partition coefficient (Wildman–Crippen LogP) is 3.74. The number of amides is 2. The molecule has 34 heavy (non-hydrogen) atoms. The molecule has 8 heteroatoms. The van der Waals surface area contributed by atoms with Crippen molar-refractivity contribution in [1.29, 1.82) is 0 Å². The molecule has 0 aliphatic rings. The molecule has 0 aromatic heterocycles.